The molecule has 2 aromatic carbocycles. The number of benzene rings is 2. The van der Waals surface area contributed by atoms with Crippen molar-refractivity contribution < 1.29 is 18.3 Å². The minimum absolute atomic E-state index is 0.0209. The first-order chi connectivity index (χ1) is 9.29. The van der Waals surface area contributed by atoms with E-state index in [0.717, 1.165) is 5.39 Å². The molecule has 106 valence electrons. The fraction of sp³-hybridized carbons (Fsp3) is 0.154. The number of carbonyl (C=O) groups excluding carboxylic acids is 1. The summed E-state index contributed by atoms with van der Waals surface area (Å²) in [6.45, 7) is 0. The molecule has 1 atom stereocenters. The van der Waals surface area contributed by atoms with Crippen molar-refractivity contribution >= 4 is 38.1 Å². The molecule has 2 rings (SSSR count). The van der Waals surface area contributed by atoms with Crippen LogP contribution in [-0.4, -0.2) is 31.3 Å². The molecule has 0 saturated heterocycles. The van der Waals surface area contributed by atoms with Gasteiger partial charge in [0, 0.05) is 5.02 Å². The Morgan fingerprint density at radius 2 is 1.80 bits per heavy atom. The molecule has 0 radical (unpaired) electrons. The Labute approximate surface area is 120 Å². The SMILES string of the molecule is NC(=O)[C@H](O)CS(=O)(=O)c1ccc2cc(Cl)ccc2c1. The van der Waals surface area contributed by atoms with E-state index in [0.29, 0.717) is 10.4 Å². The van der Waals surface area contributed by atoms with E-state index in [1.165, 1.54) is 12.1 Å². The molecule has 0 heterocycles. The number of primary amides is 1. The summed E-state index contributed by atoms with van der Waals surface area (Å²) in [7, 11) is -3.79. The van der Waals surface area contributed by atoms with Crippen molar-refractivity contribution in [3.05, 3.63) is 41.4 Å². The Bertz CT molecular complexity index is 773. The second kappa shape index (κ2) is 5.40. The van der Waals surface area contributed by atoms with Crippen LogP contribution in [0.3, 0.4) is 0 Å². The Hall–Kier alpha value is -1.63. The highest BCUT2D eigenvalue weighted by molar-refractivity contribution is 7.91. The Balaban J connectivity index is 2.42. The number of hydrogen-bond donors (Lipinski definition) is 2. The van der Waals surface area contributed by atoms with Crippen molar-refractivity contribution in [2.75, 3.05) is 5.75 Å². The summed E-state index contributed by atoms with van der Waals surface area (Å²) in [6, 6.07) is 9.55. The Kier molecular flexibility index (Phi) is 3.99. The van der Waals surface area contributed by atoms with Crippen LogP contribution < -0.4 is 5.73 Å². The summed E-state index contributed by atoms with van der Waals surface area (Å²) in [5, 5.41) is 11.4. The average Bonchev–Trinajstić information content (AvgIpc) is 2.37. The van der Waals surface area contributed by atoms with Gasteiger partial charge in [0.15, 0.2) is 9.84 Å². The number of halogens is 1. The van der Waals surface area contributed by atoms with Crippen LogP contribution in [0.2, 0.25) is 5.02 Å². The van der Waals surface area contributed by atoms with Crippen LogP contribution >= 0.6 is 11.6 Å². The van der Waals surface area contributed by atoms with Crippen molar-refractivity contribution in [2.45, 2.75) is 11.0 Å². The lowest BCUT2D eigenvalue weighted by Crippen LogP contribution is -2.34. The third-order valence-corrected chi connectivity index (χ3v) is 4.80. The van der Waals surface area contributed by atoms with Crippen LogP contribution in [0.15, 0.2) is 41.3 Å². The number of nitrogens with two attached hydrogens (primary N) is 1. The van der Waals surface area contributed by atoms with Gasteiger partial charge >= 0.3 is 0 Å². The molecule has 7 heteroatoms. The van der Waals surface area contributed by atoms with Gasteiger partial charge in [0.1, 0.15) is 6.10 Å². The van der Waals surface area contributed by atoms with E-state index >= 15 is 0 Å². The zero-order valence-electron chi connectivity index (χ0n) is 10.3. The minimum atomic E-state index is -3.79. The summed E-state index contributed by atoms with van der Waals surface area (Å²) in [5.74, 6) is -1.80. The van der Waals surface area contributed by atoms with Gasteiger partial charge in [-0.1, -0.05) is 23.7 Å². The van der Waals surface area contributed by atoms with Crippen molar-refractivity contribution in [1.82, 2.24) is 0 Å². The van der Waals surface area contributed by atoms with E-state index < -0.39 is 27.6 Å². The molecule has 2 aromatic rings. The highest BCUT2D eigenvalue weighted by Gasteiger charge is 2.23. The maximum absolute atomic E-state index is 12.1. The zero-order valence-corrected chi connectivity index (χ0v) is 11.9. The topological polar surface area (TPSA) is 97.5 Å². The monoisotopic (exact) mass is 313 g/mol. The first-order valence-corrected chi connectivity index (χ1v) is 7.72. The zero-order chi connectivity index (χ0) is 14.9. The molecule has 0 saturated carbocycles. The van der Waals surface area contributed by atoms with Crippen LogP contribution in [-0.2, 0) is 14.6 Å². The third kappa shape index (κ3) is 3.09. The third-order valence-electron chi connectivity index (χ3n) is 2.84. The van der Waals surface area contributed by atoms with E-state index in [1.54, 1.807) is 24.3 Å². The molecular weight excluding hydrogens is 302 g/mol. The molecule has 20 heavy (non-hydrogen) atoms. The smallest absolute Gasteiger partial charge is 0.247 e. The van der Waals surface area contributed by atoms with Crippen molar-refractivity contribution in [1.29, 1.82) is 0 Å². The van der Waals surface area contributed by atoms with Gasteiger partial charge in [0.25, 0.3) is 0 Å². The quantitative estimate of drug-likeness (QED) is 0.883. The molecule has 0 fully saturated rings. The van der Waals surface area contributed by atoms with Crippen LogP contribution in [0.1, 0.15) is 0 Å². The fourth-order valence-corrected chi connectivity index (χ4v) is 3.31. The summed E-state index contributed by atoms with van der Waals surface area (Å²) in [4.78, 5) is 10.8. The van der Waals surface area contributed by atoms with Crippen molar-refractivity contribution in [2.24, 2.45) is 5.73 Å². The van der Waals surface area contributed by atoms with Crippen molar-refractivity contribution in [3.63, 3.8) is 0 Å². The van der Waals surface area contributed by atoms with Gasteiger partial charge in [-0.15, -0.1) is 0 Å². The highest BCUT2D eigenvalue weighted by atomic mass is 35.5. The van der Waals surface area contributed by atoms with E-state index in [-0.39, 0.29) is 4.90 Å². The standard InChI is InChI=1S/C13H12ClNO4S/c14-10-3-1-9-6-11(4-2-8(9)5-10)20(18,19)7-12(16)13(15)17/h1-6,12,16H,7H2,(H2,15,17)/t12-/m1/s1. The second-order valence-electron chi connectivity index (χ2n) is 4.35. The van der Waals surface area contributed by atoms with Crippen LogP contribution in [0, 0.1) is 0 Å². The summed E-state index contributed by atoms with van der Waals surface area (Å²) < 4.78 is 24.1. The van der Waals surface area contributed by atoms with Gasteiger partial charge in [-0.3, -0.25) is 4.79 Å². The van der Waals surface area contributed by atoms with E-state index in [2.05, 4.69) is 0 Å². The number of aliphatic hydroxyl groups excluding tert-OH is 1. The lowest BCUT2D eigenvalue weighted by molar-refractivity contribution is -0.124. The van der Waals surface area contributed by atoms with E-state index in [9.17, 15) is 18.3 Å². The Morgan fingerprint density at radius 3 is 2.45 bits per heavy atom. The van der Waals surface area contributed by atoms with Crippen LogP contribution in [0.5, 0.6) is 0 Å². The average molecular weight is 314 g/mol. The van der Waals surface area contributed by atoms with Gasteiger partial charge < -0.3 is 10.8 Å². The fourth-order valence-electron chi connectivity index (χ4n) is 1.77. The number of carbonyl (C=O) groups is 1. The highest BCUT2D eigenvalue weighted by Crippen LogP contribution is 2.23. The first kappa shape index (κ1) is 14.8. The lowest BCUT2D eigenvalue weighted by atomic mass is 10.1. The molecular formula is C13H12ClNO4S. The normalized spacial score (nSPS) is 13.3. The van der Waals surface area contributed by atoms with Gasteiger partial charge in [0.05, 0.1) is 10.6 Å². The molecule has 3 N–H and O–H groups in total. The number of fused-ring (bicyclic) bond motifs is 1. The number of amides is 1. The molecule has 0 aliphatic rings. The van der Waals surface area contributed by atoms with E-state index in [4.69, 9.17) is 17.3 Å². The summed E-state index contributed by atoms with van der Waals surface area (Å²) in [5.41, 5.74) is 4.86. The summed E-state index contributed by atoms with van der Waals surface area (Å²) >= 11 is 5.85. The largest absolute Gasteiger partial charge is 0.382 e. The minimum Gasteiger partial charge on any atom is -0.382 e. The lowest BCUT2D eigenvalue weighted by Gasteiger charge is -2.09. The van der Waals surface area contributed by atoms with Crippen LogP contribution in [0.4, 0.5) is 0 Å². The molecule has 0 aromatic heterocycles. The number of aliphatic hydroxyl groups is 1. The first-order valence-electron chi connectivity index (χ1n) is 5.69. The second-order valence-corrected chi connectivity index (χ2v) is 6.82. The number of rotatable bonds is 4. The molecule has 0 aliphatic carbocycles. The maximum atomic E-state index is 12.1. The maximum Gasteiger partial charge on any atom is 0.247 e. The molecule has 0 aliphatic heterocycles. The number of sulfone groups is 1. The van der Waals surface area contributed by atoms with Crippen molar-refractivity contribution in [3.8, 4) is 0 Å². The van der Waals surface area contributed by atoms with E-state index in [1.807, 2.05) is 0 Å². The molecule has 1 amide bonds. The van der Waals surface area contributed by atoms with Gasteiger partial charge in [-0.05, 0) is 35.0 Å². The van der Waals surface area contributed by atoms with Gasteiger partial charge in [0.2, 0.25) is 5.91 Å². The van der Waals surface area contributed by atoms with Gasteiger partial charge in [-0.2, -0.15) is 0 Å². The van der Waals surface area contributed by atoms with Gasteiger partial charge in [-0.25, -0.2) is 8.42 Å². The predicted molar refractivity (Wildman–Crippen MR) is 76.2 cm³/mol. The molecule has 5 nitrogen and oxygen atoms in total. The number of hydrogen-bond acceptors (Lipinski definition) is 4. The molecule has 0 unspecified atom stereocenters. The summed E-state index contributed by atoms with van der Waals surface area (Å²) in [6.07, 6.45) is -1.72. The van der Waals surface area contributed by atoms with Crippen LogP contribution in [0.25, 0.3) is 10.8 Å². The predicted octanol–water partition coefficient (Wildman–Crippen LogP) is 1.11. The molecule has 0 bridgehead atoms. The Morgan fingerprint density at radius 1 is 1.20 bits per heavy atom. The molecule has 0 spiro atoms.